The minimum atomic E-state index is -3.89. The maximum atomic E-state index is 14.6. The number of aromatic nitrogens is 1. The average Bonchev–Trinajstić information content (AvgIpc) is 2.92. The molecule has 0 radical (unpaired) electrons. The molecular weight excluding hydrogens is 384 g/mol. The summed E-state index contributed by atoms with van der Waals surface area (Å²) >= 11 is 6.03. The highest BCUT2D eigenvalue weighted by molar-refractivity contribution is 7.90. The van der Waals surface area contributed by atoms with Crippen molar-refractivity contribution in [1.82, 2.24) is 5.16 Å². The van der Waals surface area contributed by atoms with Gasteiger partial charge in [0.25, 0.3) is 0 Å². The number of halogens is 3. The molecule has 0 atom stereocenters. The van der Waals surface area contributed by atoms with Gasteiger partial charge < -0.3 is 4.52 Å². The Kier molecular flexibility index (Phi) is 4.62. The van der Waals surface area contributed by atoms with Gasteiger partial charge in [-0.25, -0.2) is 17.2 Å². The minimum Gasteiger partial charge on any atom is -0.360 e. The third-order valence-corrected chi connectivity index (χ3v) is 5.52. The van der Waals surface area contributed by atoms with Crippen LogP contribution < -0.4 is 0 Å². The Balaban J connectivity index is 2.24. The van der Waals surface area contributed by atoms with E-state index in [1.165, 1.54) is 0 Å². The van der Waals surface area contributed by atoms with E-state index in [4.69, 9.17) is 16.1 Å². The molecule has 0 fully saturated rings. The van der Waals surface area contributed by atoms with Crippen LogP contribution in [0.25, 0.3) is 22.4 Å². The summed E-state index contributed by atoms with van der Waals surface area (Å²) in [4.78, 5) is -0.697. The van der Waals surface area contributed by atoms with Crippen molar-refractivity contribution in [2.24, 2.45) is 0 Å². The Morgan fingerprint density at radius 2 is 1.77 bits per heavy atom. The second-order valence-corrected chi connectivity index (χ2v) is 8.35. The molecule has 0 bridgehead atoms. The third-order valence-electron chi connectivity index (χ3n) is 3.98. The zero-order valence-corrected chi connectivity index (χ0v) is 15.7. The quantitative estimate of drug-likeness (QED) is 0.626. The van der Waals surface area contributed by atoms with Crippen LogP contribution in [0.3, 0.4) is 0 Å². The van der Waals surface area contributed by atoms with Crippen LogP contribution >= 0.6 is 11.6 Å². The largest absolute Gasteiger partial charge is 0.360 e. The number of aryl methyl sites for hydroxylation is 2. The molecule has 0 N–H and O–H groups in total. The number of rotatable bonds is 3. The fraction of sp³-hybridized carbons (Fsp3) is 0.167. The van der Waals surface area contributed by atoms with Crippen LogP contribution in [0.15, 0.2) is 39.8 Å². The van der Waals surface area contributed by atoms with Crippen LogP contribution in [-0.4, -0.2) is 19.8 Å². The van der Waals surface area contributed by atoms with E-state index in [0.717, 1.165) is 17.9 Å². The van der Waals surface area contributed by atoms with E-state index in [1.54, 1.807) is 32.0 Å². The van der Waals surface area contributed by atoms with Crippen molar-refractivity contribution >= 4 is 21.4 Å². The summed E-state index contributed by atoms with van der Waals surface area (Å²) in [6, 6.07) is 6.63. The molecule has 2 aromatic carbocycles. The summed E-state index contributed by atoms with van der Waals surface area (Å²) < 4.78 is 57.2. The molecule has 0 saturated heterocycles. The third kappa shape index (κ3) is 3.24. The molecule has 3 rings (SSSR count). The summed E-state index contributed by atoms with van der Waals surface area (Å²) in [5, 5.41) is 4.51. The van der Waals surface area contributed by atoms with Crippen LogP contribution in [-0.2, 0) is 9.84 Å². The second-order valence-electron chi connectivity index (χ2n) is 5.96. The lowest BCUT2D eigenvalue weighted by molar-refractivity contribution is 0.400. The normalized spacial score (nSPS) is 11.8. The molecule has 0 saturated carbocycles. The van der Waals surface area contributed by atoms with E-state index in [9.17, 15) is 17.2 Å². The van der Waals surface area contributed by atoms with E-state index in [0.29, 0.717) is 22.3 Å². The molecule has 0 amide bonds. The van der Waals surface area contributed by atoms with Crippen molar-refractivity contribution in [3.05, 3.63) is 58.3 Å². The zero-order valence-electron chi connectivity index (χ0n) is 14.1. The summed E-state index contributed by atoms with van der Waals surface area (Å²) in [5.74, 6) is -1.65. The van der Waals surface area contributed by atoms with Gasteiger partial charge in [0.1, 0.15) is 28.0 Å². The first-order chi connectivity index (χ1) is 12.1. The highest BCUT2D eigenvalue weighted by Gasteiger charge is 2.24. The van der Waals surface area contributed by atoms with Gasteiger partial charge >= 0.3 is 0 Å². The van der Waals surface area contributed by atoms with Crippen molar-refractivity contribution in [2.75, 3.05) is 6.26 Å². The highest BCUT2D eigenvalue weighted by atomic mass is 35.5. The lowest BCUT2D eigenvalue weighted by Gasteiger charge is -2.09. The fourth-order valence-corrected chi connectivity index (χ4v) is 3.53. The van der Waals surface area contributed by atoms with E-state index < -0.39 is 26.4 Å². The summed E-state index contributed by atoms with van der Waals surface area (Å²) in [7, 11) is -3.89. The molecule has 136 valence electrons. The summed E-state index contributed by atoms with van der Waals surface area (Å²) in [6.45, 7) is 3.37. The molecule has 0 unspecified atom stereocenters. The Bertz CT molecular complexity index is 1120. The van der Waals surface area contributed by atoms with E-state index in [2.05, 4.69) is 5.16 Å². The predicted molar refractivity (Wildman–Crippen MR) is 94.9 cm³/mol. The van der Waals surface area contributed by atoms with Gasteiger partial charge in [-0.15, -0.1) is 0 Å². The van der Waals surface area contributed by atoms with Gasteiger partial charge in [-0.05, 0) is 43.7 Å². The van der Waals surface area contributed by atoms with E-state index in [1.807, 2.05) is 0 Å². The van der Waals surface area contributed by atoms with Gasteiger partial charge in [0, 0.05) is 22.4 Å². The van der Waals surface area contributed by atoms with Crippen LogP contribution in [0.1, 0.15) is 11.3 Å². The first-order valence-electron chi connectivity index (χ1n) is 7.52. The fourth-order valence-electron chi connectivity index (χ4n) is 2.68. The second kappa shape index (κ2) is 6.48. The molecule has 4 nitrogen and oxygen atoms in total. The summed E-state index contributed by atoms with van der Waals surface area (Å²) in [6.07, 6.45) is 0.817. The standard InChI is InChI=1S/C18H14ClF2NO3S/c1-9-6-11(4-5-13(9)19)18-17(10(2)25-22-18)12-7-15(21)16(8-14(12)20)26(3,23)24/h4-8H,1-3H3. The molecular formula is C18H14ClF2NO3S. The molecule has 8 heteroatoms. The first kappa shape index (κ1) is 18.5. The Hall–Kier alpha value is -2.25. The number of sulfone groups is 1. The molecule has 0 aliphatic carbocycles. The number of nitrogens with zero attached hydrogens (tertiary/aromatic N) is 1. The van der Waals surface area contributed by atoms with Crippen LogP contribution in [0.5, 0.6) is 0 Å². The first-order valence-corrected chi connectivity index (χ1v) is 9.79. The molecule has 26 heavy (non-hydrogen) atoms. The maximum absolute atomic E-state index is 14.6. The Labute approximate surface area is 154 Å². The SMILES string of the molecule is Cc1cc(-c2noc(C)c2-c2cc(F)c(S(C)(=O)=O)cc2F)ccc1Cl. The Morgan fingerprint density at radius 3 is 2.38 bits per heavy atom. The van der Waals surface area contributed by atoms with Gasteiger partial charge in [-0.3, -0.25) is 0 Å². The topological polar surface area (TPSA) is 60.2 Å². The molecule has 0 aliphatic heterocycles. The van der Waals surface area contributed by atoms with E-state index in [-0.39, 0.29) is 16.9 Å². The Morgan fingerprint density at radius 1 is 1.08 bits per heavy atom. The lowest BCUT2D eigenvalue weighted by Crippen LogP contribution is -2.03. The van der Waals surface area contributed by atoms with Crippen molar-refractivity contribution in [1.29, 1.82) is 0 Å². The monoisotopic (exact) mass is 397 g/mol. The molecule has 0 spiro atoms. The van der Waals surface area contributed by atoms with Crippen LogP contribution in [0, 0.1) is 25.5 Å². The lowest BCUT2D eigenvalue weighted by atomic mass is 9.98. The maximum Gasteiger partial charge on any atom is 0.178 e. The van der Waals surface area contributed by atoms with Crippen molar-refractivity contribution in [3.8, 4) is 22.4 Å². The van der Waals surface area contributed by atoms with Gasteiger partial charge in [0.15, 0.2) is 9.84 Å². The smallest absolute Gasteiger partial charge is 0.178 e. The summed E-state index contributed by atoms with van der Waals surface area (Å²) in [5.41, 5.74) is 1.84. The van der Waals surface area contributed by atoms with Gasteiger partial charge in [0.2, 0.25) is 0 Å². The van der Waals surface area contributed by atoms with Crippen LogP contribution in [0.2, 0.25) is 5.02 Å². The highest BCUT2D eigenvalue weighted by Crippen LogP contribution is 2.38. The molecule has 1 aromatic heterocycles. The number of benzene rings is 2. The number of hydrogen-bond acceptors (Lipinski definition) is 4. The average molecular weight is 398 g/mol. The van der Waals surface area contributed by atoms with Crippen molar-refractivity contribution in [3.63, 3.8) is 0 Å². The predicted octanol–water partition coefficient (Wildman–Crippen LogP) is 4.96. The molecule has 0 aliphatic rings. The number of hydrogen-bond donors (Lipinski definition) is 0. The van der Waals surface area contributed by atoms with Gasteiger partial charge in [0.05, 0.1) is 5.56 Å². The van der Waals surface area contributed by atoms with E-state index >= 15 is 0 Å². The zero-order chi connectivity index (χ0) is 19.2. The molecule has 1 heterocycles. The van der Waals surface area contributed by atoms with Crippen LogP contribution in [0.4, 0.5) is 8.78 Å². The van der Waals surface area contributed by atoms with Crippen molar-refractivity contribution < 1.29 is 21.7 Å². The van der Waals surface area contributed by atoms with Gasteiger partial charge in [-0.2, -0.15) is 0 Å². The van der Waals surface area contributed by atoms with Gasteiger partial charge in [-0.1, -0.05) is 22.8 Å². The van der Waals surface area contributed by atoms with Crippen molar-refractivity contribution in [2.45, 2.75) is 18.7 Å². The molecule has 3 aromatic rings. The minimum absolute atomic E-state index is 0.128.